The maximum Gasteiger partial charge on any atom is 0.269 e. The highest BCUT2D eigenvalue weighted by molar-refractivity contribution is 5.37. The number of nitro benzene ring substituents is 3. The van der Waals surface area contributed by atoms with E-state index in [1.54, 1.807) is 0 Å². The molecule has 0 aliphatic heterocycles. The molecule has 2 unspecified atom stereocenters. The van der Waals surface area contributed by atoms with Crippen molar-refractivity contribution in [3.63, 3.8) is 0 Å². The average molecular weight is 627 g/mol. The van der Waals surface area contributed by atoms with Crippen molar-refractivity contribution in [2.24, 2.45) is 0 Å². The molecule has 234 valence electrons. The molecule has 0 heterocycles. The summed E-state index contributed by atoms with van der Waals surface area (Å²) in [5.41, 5.74) is -0.255. The Balaban J connectivity index is 0.00000462. The van der Waals surface area contributed by atoms with E-state index in [9.17, 15) is 40.6 Å². The first-order chi connectivity index (χ1) is 19.6. The van der Waals surface area contributed by atoms with Crippen molar-refractivity contribution in [1.82, 2.24) is 0 Å². The number of benzene rings is 3. The molecule has 0 saturated carbocycles. The van der Waals surface area contributed by atoms with Crippen LogP contribution in [0.3, 0.4) is 0 Å². The van der Waals surface area contributed by atoms with Crippen molar-refractivity contribution >= 4 is 17.1 Å². The number of ether oxygens (including phenoxy) is 3. The number of quaternary nitrogens is 1. The minimum atomic E-state index is -0.970. The third-order valence-corrected chi connectivity index (χ3v) is 5.80. The van der Waals surface area contributed by atoms with Gasteiger partial charge in [0.2, 0.25) is 0 Å². The fourth-order valence-corrected chi connectivity index (χ4v) is 3.76. The molecule has 3 aromatic carbocycles. The summed E-state index contributed by atoms with van der Waals surface area (Å²) in [4.78, 5) is 31.6. The van der Waals surface area contributed by atoms with Crippen LogP contribution in [-0.4, -0.2) is 82.1 Å². The SMILES string of the molecule is O.O=[N+]([O-])c1ccc(OCC[NH+](CC(O)COc2ccc([N+](=O)[O-])cc2)CC(O)COc2ccc([N+](=O)[O-])cc2)cc1.[Cl-]. The van der Waals surface area contributed by atoms with Crippen molar-refractivity contribution < 1.29 is 62.0 Å². The first-order valence-corrected chi connectivity index (χ1v) is 12.4. The number of nitro groups is 3. The Morgan fingerprint density at radius 1 is 0.605 bits per heavy atom. The molecule has 0 radical (unpaired) electrons. The summed E-state index contributed by atoms with van der Waals surface area (Å²) in [6.07, 6.45) is -1.94. The van der Waals surface area contributed by atoms with E-state index >= 15 is 0 Å². The lowest BCUT2D eigenvalue weighted by Crippen LogP contribution is -3.15. The summed E-state index contributed by atoms with van der Waals surface area (Å²) < 4.78 is 16.7. The van der Waals surface area contributed by atoms with Crippen molar-refractivity contribution in [2.75, 3.05) is 39.5 Å². The van der Waals surface area contributed by atoms with Crippen LogP contribution in [-0.2, 0) is 0 Å². The van der Waals surface area contributed by atoms with Gasteiger partial charge in [-0.15, -0.1) is 0 Å². The number of nitrogens with zero attached hydrogens (tertiary/aromatic N) is 3. The van der Waals surface area contributed by atoms with Crippen molar-refractivity contribution in [3.05, 3.63) is 103 Å². The number of rotatable bonds is 17. The number of nitrogens with one attached hydrogen (secondary N) is 1. The second-order valence-corrected chi connectivity index (χ2v) is 8.94. The van der Waals surface area contributed by atoms with Crippen molar-refractivity contribution in [3.8, 4) is 17.2 Å². The lowest BCUT2D eigenvalue weighted by atomic mass is 10.2. The quantitative estimate of drug-likeness (QED) is 0.107. The van der Waals surface area contributed by atoms with Crippen LogP contribution in [0.2, 0.25) is 0 Å². The van der Waals surface area contributed by atoms with Gasteiger partial charge >= 0.3 is 0 Å². The zero-order valence-corrected chi connectivity index (χ0v) is 23.4. The molecule has 16 nitrogen and oxygen atoms in total. The molecule has 0 bridgehead atoms. The molecule has 43 heavy (non-hydrogen) atoms. The van der Waals surface area contributed by atoms with Crippen LogP contribution >= 0.6 is 0 Å². The Morgan fingerprint density at radius 2 is 0.907 bits per heavy atom. The van der Waals surface area contributed by atoms with Crippen molar-refractivity contribution in [2.45, 2.75) is 12.2 Å². The Morgan fingerprint density at radius 3 is 1.21 bits per heavy atom. The van der Waals surface area contributed by atoms with E-state index in [0.717, 1.165) is 4.90 Å². The molecule has 17 heteroatoms. The van der Waals surface area contributed by atoms with Gasteiger partial charge in [0.25, 0.3) is 17.1 Å². The minimum Gasteiger partial charge on any atom is -1.00 e. The highest BCUT2D eigenvalue weighted by atomic mass is 35.5. The van der Waals surface area contributed by atoms with E-state index in [1.807, 2.05) is 0 Å². The van der Waals surface area contributed by atoms with Gasteiger partial charge < -0.3 is 47.2 Å². The third-order valence-electron chi connectivity index (χ3n) is 5.80. The number of aliphatic hydroxyl groups excluding tert-OH is 2. The maximum atomic E-state index is 10.8. The van der Waals surface area contributed by atoms with Gasteiger partial charge in [-0.05, 0) is 36.4 Å². The Bertz CT molecular complexity index is 1230. The van der Waals surface area contributed by atoms with Gasteiger partial charge in [0, 0.05) is 36.4 Å². The smallest absolute Gasteiger partial charge is 0.269 e. The first kappa shape index (κ1) is 36.4. The lowest BCUT2D eigenvalue weighted by molar-refractivity contribution is -0.906. The van der Waals surface area contributed by atoms with E-state index in [1.165, 1.54) is 72.8 Å². The minimum absolute atomic E-state index is 0. The predicted octanol–water partition coefficient (Wildman–Crippen LogP) is -2.27. The molecular formula is C26H31ClN4O12. The monoisotopic (exact) mass is 626 g/mol. The molecule has 3 rings (SSSR count). The fraction of sp³-hybridized carbons (Fsp3) is 0.308. The van der Waals surface area contributed by atoms with Crippen LogP contribution < -0.4 is 31.5 Å². The van der Waals surface area contributed by atoms with Crippen LogP contribution in [0.25, 0.3) is 0 Å². The number of hydrogen-bond acceptors (Lipinski definition) is 11. The number of halogens is 1. The lowest BCUT2D eigenvalue weighted by Gasteiger charge is -2.25. The first-order valence-electron chi connectivity index (χ1n) is 12.4. The molecule has 0 amide bonds. The molecule has 5 N–H and O–H groups in total. The Labute approximate surface area is 251 Å². The highest BCUT2D eigenvalue weighted by Gasteiger charge is 2.21. The molecule has 0 saturated heterocycles. The predicted molar refractivity (Wildman–Crippen MR) is 147 cm³/mol. The third kappa shape index (κ3) is 12.4. The normalized spacial score (nSPS) is 12.4. The van der Waals surface area contributed by atoms with E-state index in [0.29, 0.717) is 23.8 Å². The van der Waals surface area contributed by atoms with Crippen LogP contribution in [0, 0.1) is 30.3 Å². The van der Waals surface area contributed by atoms with Crippen molar-refractivity contribution in [1.29, 1.82) is 0 Å². The average Bonchev–Trinajstić information content (AvgIpc) is 2.95. The van der Waals surface area contributed by atoms with Gasteiger partial charge in [-0.3, -0.25) is 30.3 Å². The molecule has 0 aliphatic carbocycles. The summed E-state index contributed by atoms with van der Waals surface area (Å²) in [6, 6.07) is 16.4. The van der Waals surface area contributed by atoms with E-state index in [2.05, 4.69) is 0 Å². The Hall–Kier alpha value is -4.61. The summed E-state index contributed by atoms with van der Waals surface area (Å²) in [6.45, 7) is 0.565. The molecule has 0 aliphatic rings. The largest absolute Gasteiger partial charge is 1.00 e. The molecular weight excluding hydrogens is 596 g/mol. The van der Waals surface area contributed by atoms with Gasteiger partial charge in [-0.25, -0.2) is 0 Å². The van der Waals surface area contributed by atoms with E-state index < -0.39 is 27.0 Å². The molecule has 2 atom stereocenters. The number of hydrogen-bond donors (Lipinski definition) is 3. The molecule has 3 aromatic rings. The second-order valence-electron chi connectivity index (χ2n) is 8.94. The summed E-state index contributed by atoms with van der Waals surface area (Å²) >= 11 is 0. The van der Waals surface area contributed by atoms with Crippen LogP contribution in [0.15, 0.2) is 72.8 Å². The Kier molecular flexibility index (Phi) is 15.3. The second kappa shape index (κ2) is 18.0. The number of non-ortho nitro benzene ring substituents is 3. The van der Waals surface area contributed by atoms with Gasteiger partial charge in [-0.1, -0.05) is 0 Å². The molecule has 0 fully saturated rings. The van der Waals surface area contributed by atoms with Crippen LogP contribution in [0.1, 0.15) is 0 Å². The zero-order valence-electron chi connectivity index (χ0n) is 22.6. The van der Waals surface area contributed by atoms with Gasteiger partial charge in [0.1, 0.15) is 68.9 Å². The van der Waals surface area contributed by atoms with E-state index in [4.69, 9.17) is 14.2 Å². The summed E-state index contributed by atoms with van der Waals surface area (Å²) in [5.74, 6) is 1.10. The van der Waals surface area contributed by atoms with Gasteiger partial charge in [-0.2, -0.15) is 0 Å². The maximum absolute atomic E-state index is 10.8. The van der Waals surface area contributed by atoms with Gasteiger partial charge in [0.05, 0.1) is 14.8 Å². The van der Waals surface area contributed by atoms with Crippen LogP contribution in [0.5, 0.6) is 17.2 Å². The summed E-state index contributed by atoms with van der Waals surface area (Å²) in [7, 11) is 0. The zero-order chi connectivity index (χ0) is 29.8. The van der Waals surface area contributed by atoms with E-state index in [-0.39, 0.29) is 67.9 Å². The number of aliphatic hydroxyl groups is 2. The molecule has 0 spiro atoms. The standard InChI is InChI=1S/C26H28N4O11.ClH.H2O/c31-22(17-40-25-9-3-20(4-10-25)29(35)36)15-27(13-14-39-24-7-1-19(2-8-24)28(33)34)16-23(32)18-41-26-11-5-21(6-12-26)30(37)38;;/h1-12,22-23,31-32H,13-18H2;1H;1H2. The highest BCUT2D eigenvalue weighted by Crippen LogP contribution is 2.19. The topological polar surface area (TPSA) is 234 Å². The fourth-order valence-electron chi connectivity index (χ4n) is 3.76. The molecule has 0 aromatic heterocycles. The van der Waals surface area contributed by atoms with Crippen LogP contribution in [0.4, 0.5) is 17.1 Å². The summed E-state index contributed by atoms with van der Waals surface area (Å²) in [5, 5.41) is 53.6. The van der Waals surface area contributed by atoms with Gasteiger partial charge in [0.15, 0.2) is 0 Å².